The second kappa shape index (κ2) is 5.69. The van der Waals surface area contributed by atoms with Gasteiger partial charge in [-0.05, 0) is 24.3 Å². The first-order chi connectivity index (χ1) is 11.3. The molecule has 1 aromatic carbocycles. The number of amides is 1. The summed E-state index contributed by atoms with van der Waals surface area (Å²) in [6.07, 6.45) is 2.40. The van der Waals surface area contributed by atoms with Crippen molar-refractivity contribution < 1.29 is 14.3 Å². The third kappa shape index (κ3) is 2.74. The van der Waals surface area contributed by atoms with Gasteiger partial charge in [0, 0.05) is 23.3 Å². The Bertz CT molecular complexity index is 826. The number of rotatable bonds is 3. The van der Waals surface area contributed by atoms with Crippen molar-refractivity contribution in [1.82, 2.24) is 9.97 Å². The first-order valence-electron chi connectivity index (χ1n) is 6.89. The lowest BCUT2D eigenvalue weighted by molar-refractivity contribution is -0.131. The Labute approximate surface area is 135 Å². The molecule has 0 bridgehead atoms. The highest BCUT2D eigenvalue weighted by Gasteiger charge is 2.31. The highest BCUT2D eigenvalue weighted by atomic mass is 32.1. The molecule has 2 aromatic heterocycles. The number of nitrogens with one attached hydrogen (secondary N) is 1. The zero-order chi connectivity index (χ0) is 15.6. The third-order valence-electron chi connectivity index (χ3n) is 3.24. The zero-order valence-corrected chi connectivity index (χ0v) is 12.6. The van der Waals surface area contributed by atoms with Crippen LogP contribution in [0.15, 0.2) is 54.2 Å². The number of carbonyl (C=O) groups excluding carboxylic acids is 1. The smallest absolute Gasteiger partial charge is 0.322 e. The van der Waals surface area contributed by atoms with Crippen LogP contribution >= 0.6 is 11.3 Å². The number of hydrogen-bond acceptors (Lipinski definition) is 6. The molecule has 1 aliphatic heterocycles. The molecule has 7 heteroatoms. The molecule has 1 amide bonds. The predicted octanol–water partition coefficient (Wildman–Crippen LogP) is 2.94. The van der Waals surface area contributed by atoms with Gasteiger partial charge in [-0.15, -0.1) is 11.3 Å². The molecule has 23 heavy (non-hydrogen) atoms. The van der Waals surface area contributed by atoms with Crippen LogP contribution in [0, 0.1) is 0 Å². The van der Waals surface area contributed by atoms with Gasteiger partial charge in [0.15, 0.2) is 16.6 Å². The van der Waals surface area contributed by atoms with Crippen LogP contribution in [0.25, 0.3) is 11.3 Å². The van der Waals surface area contributed by atoms with Crippen LogP contribution in [0.5, 0.6) is 11.5 Å². The monoisotopic (exact) mass is 325 g/mol. The van der Waals surface area contributed by atoms with Crippen molar-refractivity contribution in [3.8, 4) is 22.8 Å². The number of carbonyl (C=O) groups is 1. The molecule has 0 aliphatic carbocycles. The minimum atomic E-state index is -0.999. The molecule has 3 aromatic rings. The Morgan fingerprint density at radius 2 is 1.78 bits per heavy atom. The molecule has 1 N–H and O–H groups in total. The summed E-state index contributed by atoms with van der Waals surface area (Å²) in [5.74, 6) is 0.727. The fraction of sp³-hybridized carbons (Fsp3) is 0.0625. The molecule has 0 fully saturated rings. The van der Waals surface area contributed by atoms with E-state index in [2.05, 4.69) is 15.3 Å². The van der Waals surface area contributed by atoms with Gasteiger partial charge in [-0.3, -0.25) is 15.1 Å². The van der Waals surface area contributed by atoms with Gasteiger partial charge in [0.2, 0.25) is 0 Å². The average Bonchev–Trinajstić information content (AvgIpc) is 3.22. The highest BCUT2D eigenvalue weighted by Crippen LogP contribution is 2.34. The second-order valence-corrected chi connectivity index (χ2v) is 5.64. The standard InChI is InChI=1S/C16H11N3O3S/c20-14(15-21-12-3-1-2-4-13(12)22-15)19-16-18-11(9-23-16)10-5-7-17-8-6-10/h1-9,15H,(H,18,19,20). The van der Waals surface area contributed by atoms with Crippen molar-refractivity contribution in [2.24, 2.45) is 0 Å². The molecule has 0 atom stereocenters. The van der Waals surface area contributed by atoms with E-state index in [0.29, 0.717) is 16.6 Å². The van der Waals surface area contributed by atoms with Crippen LogP contribution < -0.4 is 14.8 Å². The summed E-state index contributed by atoms with van der Waals surface area (Å²) in [5, 5.41) is 5.07. The number of pyridine rings is 1. The lowest BCUT2D eigenvalue weighted by Crippen LogP contribution is -2.34. The normalized spacial score (nSPS) is 13.0. The fourth-order valence-electron chi connectivity index (χ4n) is 2.16. The number of ether oxygens (including phenoxy) is 2. The SMILES string of the molecule is O=C(Nc1nc(-c2ccncc2)cs1)C1Oc2ccccc2O1. The molecular formula is C16H11N3O3S. The first-order valence-corrected chi connectivity index (χ1v) is 7.77. The van der Waals surface area contributed by atoms with E-state index in [1.54, 1.807) is 24.5 Å². The van der Waals surface area contributed by atoms with E-state index < -0.39 is 12.2 Å². The lowest BCUT2D eigenvalue weighted by atomic mass is 10.2. The maximum Gasteiger partial charge on any atom is 0.322 e. The van der Waals surface area contributed by atoms with Gasteiger partial charge in [0.05, 0.1) is 5.69 Å². The molecule has 4 rings (SSSR count). The number of hydrogen-bond donors (Lipinski definition) is 1. The number of nitrogens with zero attached hydrogens (tertiary/aromatic N) is 2. The van der Waals surface area contributed by atoms with E-state index in [4.69, 9.17) is 9.47 Å². The summed E-state index contributed by atoms with van der Waals surface area (Å²) in [4.78, 5) is 20.6. The van der Waals surface area contributed by atoms with Crippen LogP contribution in [0.1, 0.15) is 0 Å². The van der Waals surface area contributed by atoms with Crippen LogP contribution in [-0.2, 0) is 4.79 Å². The van der Waals surface area contributed by atoms with Gasteiger partial charge in [0.25, 0.3) is 0 Å². The predicted molar refractivity (Wildman–Crippen MR) is 85.5 cm³/mol. The molecule has 3 heterocycles. The van der Waals surface area contributed by atoms with E-state index in [9.17, 15) is 4.79 Å². The van der Waals surface area contributed by atoms with Crippen molar-refractivity contribution in [2.45, 2.75) is 6.29 Å². The second-order valence-electron chi connectivity index (χ2n) is 4.78. The number of anilines is 1. The number of aromatic nitrogens is 2. The Morgan fingerprint density at radius 3 is 2.48 bits per heavy atom. The van der Waals surface area contributed by atoms with Crippen LogP contribution in [-0.4, -0.2) is 22.2 Å². The summed E-state index contributed by atoms with van der Waals surface area (Å²) in [6, 6.07) is 10.9. The van der Waals surface area contributed by atoms with Crippen molar-refractivity contribution in [1.29, 1.82) is 0 Å². The minimum absolute atomic E-state index is 0.392. The van der Waals surface area contributed by atoms with Crippen molar-refractivity contribution >= 4 is 22.4 Å². The summed E-state index contributed by atoms with van der Waals surface area (Å²) in [7, 11) is 0. The molecule has 0 saturated carbocycles. The maximum atomic E-state index is 12.2. The van der Waals surface area contributed by atoms with Crippen molar-refractivity contribution in [3.05, 3.63) is 54.2 Å². The van der Waals surface area contributed by atoms with Gasteiger partial charge in [0.1, 0.15) is 0 Å². The van der Waals surface area contributed by atoms with Gasteiger partial charge in [-0.25, -0.2) is 4.98 Å². The number of para-hydroxylation sites is 2. The van der Waals surface area contributed by atoms with Crippen molar-refractivity contribution in [3.63, 3.8) is 0 Å². The van der Waals surface area contributed by atoms with Gasteiger partial charge in [-0.1, -0.05) is 12.1 Å². The minimum Gasteiger partial charge on any atom is -0.442 e. The molecule has 0 radical (unpaired) electrons. The lowest BCUT2D eigenvalue weighted by Gasteiger charge is -2.08. The summed E-state index contributed by atoms with van der Waals surface area (Å²) < 4.78 is 10.9. The van der Waals surface area contributed by atoms with E-state index >= 15 is 0 Å². The first kappa shape index (κ1) is 13.7. The van der Waals surface area contributed by atoms with E-state index in [-0.39, 0.29) is 0 Å². The fourth-order valence-corrected chi connectivity index (χ4v) is 2.88. The quantitative estimate of drug-likeness (QED) is 0.801. The highest BCUT2D eigenvalue weighted by molar-refractivity contribution is 7.14. The number of fused-ring (bicyclic) bond motifs is 1. The van der Waals surface area contributed by atoms with Crippen LogP contribution in [0.3, 0.4) is 0 Å². The van der Waals surface area contributed by atoms with E-state index in [1.807, 2.05) is 29.6 Å². The Balaban J connectivity index is 1.45. The molecule has 1 aliphatic rings. The molecule has 114 valence electrons. The summed E-state index contributed by atoms with van der Waals surface area (Å²) in [5.41, 5.74) is 1.72. The topological polar surface area (TPSA) is 73.3 Å². The molecule has 0 saturated heterocycles. The maximum absolute atomic E-state index is 12.2. The third-order valence-corrected chi connectivity index (χ3v) is 4.00. The number of thiazole rings is 1. The Hall–Kier alpha value is -2.93. The summed E-state index contributed by atoms with van der Waals surface area (Å²) in [6.45, 7) is 0. The Morgan fingerprint density at radius 1 is 1.09 bits per heavy atom. The molecule has 6 nitrogen and oxygen atoms in total. The van der Waals surface area contributed by atoms with Crippen LogP contribution in [0.2, 0.25) is 0 Å². The number of benzene rings is 1. The zero-order valence-electron chi connectivity index (χ0n) is 11.8. The van der Waals surface area contributed by atoms with Gasteiger partial charge >= 0.3 is 12.2 Å². The average molecular weight is 325 g/mol. The molecule has 0 unspecified atom stereocenters. The van der Waals surface area contributed by atoms with E-state index in [1.165, 1.54) is 11.3 Å². The molecule has 0 spiro atoms. The summed E-state index contributed by atoms with van der Waals surface area (Å²) >= 11 is 1.34. The Kier molecular flexibility index (Phi) is 3.39. The van der Waals surface area contributed by atoms with E-state index in [0.717, 1.165) is 11.3 Å². The molecular weight excluding hydrogens is 314 g/mol. The largest absolute Gasteiger partial charge is 0.442 e. The van der Waals surface area contributed by atoms with Crippen molar-refractivity contribution in [2.75, 3.05) is 5.32 Å². The van der Waals surface area contributed by atoms with Gasteiger partial charge in [-0.2, -0.15) is 0 Å². The van der Waals surface area contributed by atoms with Gasteiger partial charge < -0.3 is 9.47 Å². The van der Waals surface area contributed by atoms with Crippen LogP contribution in [0.4, 0.5) is 5.13 Å².